The molecule has 30 heavy (non-hydrogen) atoms. The van der Waals surface area contributed by atoms with Gasteiger partial charge in [0, 0.05) is 42.9 Å². The van der Waals surface area contributed by atoms with E-state index in [0.717, 1.165) is 17.0 Å². The Hall–Kier alpha value is -3.55. The Balaban J connectivity index is 1.60. The van der Waals surface area contributed by atoms with Crippen molar-refractivity contribution in [2.24, 2.45) is 0 Å². The lowest BCUT2D eigenvalue weighted by Gasteiger charge is -2.15. The van der Waals surface area contributed by atoms with Crippen molar-refractivity contribution in [2.45, 2.75) is 20.4 Å². The number of Topliss-reactive ketones (excluding diaryl/α,β-unsaturated/α-hetero) is 1. The van der Waals surface area contributed by atoms with Crippen molar-refractivity contribution >= 4 is 17.7 Å². The summed E-state index contributed by atoms with van der Waals surface area (Å²) in [6, 6.07) is 9.70. The number of aromatic nitrogens is 3. The van der Waals surface area contributed by atoms with Crippen molar-refractivity contribution in [3.63, 3.8) is 0 Å². The lowest BCUT2D eigenvalue weighted by Crippen LogP contribution is -2.29. The summed E-state index contributed by atoms with van der Waals surface area (Å²) in [6.45, 7) is 3.84. The Bertz CT molecular complexity index is 1030. The highest BCUT2D eigenvalue weighted by atomic mass is 19.1. The first kappa shape index (κ1) is 21.2. The lowest BCUT2D eigenvalue weighted by atomic mass is 10.1. The summed E-state index contributed by atoms with van der Waals surface area (Å²) in [6.07, 6.45) is 3.16. The van der Waals surface area contributed by atoms with E-state index in [2.05, 4.69) is 9.97 Å². The van der Waals surface area contributed by atoms with Crippen LogP contribution in [0.2, 0.25) is 0 Å². The van der Waals surface area contributed by atoms with Crippen LogP contribution in [0, 0.1) is 19.7 Å². The van der Waals surface area contributed by atoms with Gasteiger partial charge in [0.25, 0.3) is 0 Å². The number of hydrogen-bond donors (Lipinski definition) is 0. The number of rotatable bonds is 8. The summed E-state index contributed by atoms with van der Waals surface area (Å²) in [7, 11) is 1.67. The Morgan fingerprint density at radius 2 is 1.80 bits per heavy atom. The minimum atomic E-state index is -0.543. The lowest BCUT2D eigenvalue weighted by molar-refractivity contribution is -0.140. The molecular formula is C22H23FN4O3. The van der Waals surface area contributed by atoms with E-state index in [0.29, 0.717) is 18.1 Å². The first-order valence-corrected chi connectivity index (χ1v) is 9.43. The van der Waals surface area contributed by atoms with Crippen LogP contribution in [0.3, 0.4) is 0 Å². The van der Waals surface area contributed by atoms with Crippen LogP contribution in [-0.4, -0.2) is 46.5 Å². The van der Waals surface area contributed by atoms with E-state index < -0.39 is 5.97 Å². The number of carbonyl (C=O) groups is 2. The molecule has 0 aliphatic heterocycles. The second-order valence-electron chi connectivity index (χ2n) is 6.99. The number of anilines is 1. The zero-order valence-corrected chi connectivity index (χ0v) is 17.1. The standard InChI is InChI=1S/C22H23FN4O3/c1-15-11-19(16(2)27(15)12-17-5-7-18(23)8-6-17)20(28)14-30-21(29)13-26(3)22-24-9-4-10-25-22/h4-11H,12-14H2,1-3H3. The van der Waals surface area contributed by atoms with E-state index in [4.69, 9.17) is 4.74 Å². The van der Waals surface area contributed by atoms with Crippen LogP contribution in [-0.2, 0) is 16.1 Å². The second kappa shape index (κ2) is 9.30. The molecule has 156 valence electrons. The second-order valence-corrected chi connectivity index (χ2v) is 6.99. The van der Waals surface area contributed by atoms with Crippen molar-refractivity contribution in [2.75, 3.05) is 25.1 Å². The number of benzene rings is 1. The van der Waals surface area contributed by atoms with E-state index in [1.54, 1.807) is 48.6 Å². The van der Waals surface area contributed by atoms with Crippen LogP contribution in [0.1, 0.15) is 27.3 Å². The summed E-state index contributed by atoms with van der Waals surface area (Å²) in [5, 5.41) is 0. The van der Waals surface area contributed by atoms with Crippen LogP contribution in [0.4, 0.5) is 10.3 Å². The molecule has 0 amide bonds. The number of nitrogens with zero attached hydrogens (tertiary/aromatic N) is 4. The van der Waals surface area contributed by atoms with E-state index in [1.165, 1.54) is 12.1 Å². The summed E-state index contributed by atoms with van der Waals surface area (Å²) in [5.74, 6) is -0.717. The number of ether oxygens (including phenoxy) is 1. The Morgan fingerprint density at radius 1 is 1.13 bits per heavy atom. The molecule has 0 aliphatic rings. The zero-order valence-electron chi connectivity index (χ0n) is 17.1. The number of ketones is 1. The number of halogens is 1. The number of aryl methyl sites for hydroxylation is 1. The molecule has 0 saturated carbocycles. The fraction of sp³-hybridized carbons (Fsp3) is 0.273. The molecule has 8 heteroatoms. The van der Waals surface area contributed by atoms with Gasteiger partial charge in [0.05, 0.1) is 0 Å². The molecule has 0 aliphatic carbocycles. The van der Waals surface area contributed by atoms with Crippen LogP contribution in [0.15, 0.2) is 48.8 Å². The van der Waals surface area contributed by atoms with Gasteiger partial charge in [-0.15, -0.1) is 0 Å². The summed E-state index contributed by atoms with van der Waals surface area (Å²) >= 11 is 0. The first-order valence-electron chi connectivity index (χ1n) is 9.43. The highest BCUT2D eigenvalue weighted by Gasteiger charge is 2.18. The van der Waals surface area contributed by atoms with Crippen LogP contribution < -0.4 is 4.90 Å². The van der Waals surface area contributed by atoms with E-state index >= 15 is 0 Å². The predicted molar refractivity (Wildman–Crippen MR) is 110 cm³/mol. The number of likely N-dealkylation sites (N-methyl/N-ethyl adjacent to an activating group) is 1. The van der Waals surface area contributed by atoms with Gasteiger partial charge in [-0.25, -0.2) is 14.4 Å². The Morgan fingerprint density at radius 3 is 2.47 bits per heavy atom. The molecule has 0 radical (unpaired) electrons. The van der Waals surface area contributed by atoms with E-state index in [9.17, 15) is 14.0 Å². The normalized spacial score (nSPS) is 10.7. The molecule has 0 spiro atoms. The van der Waals surface area contributed by atoms with E-state index in [-0.39, 0.29) is 24.8 Å². The van der Waals surface area contributed by atoms with Gasteiger partial charge in [-0.1, -0.05) is 12.1 Å². The number of hydrogen-bond acceptors (Lipinski definition) is 6. The van der Waals surface area contributed by atoms with E-state index in [1.807, 2.05) is 18.4 Å². The maximum Gasteiger partial charge on any atom is 0.326 e. The smallest absolute Gasteiger partial charge is 0.326 e. The van der Waals surface area contributed by atoms with Gasteiger partial charge in [-0.2, -0.15) is 0 Å². The van der Waals surface area contributed by atoms with Crippen LogP contribution in [0.5, 0.6) is 0 Å². The third kappa shape index (κ3) is 5.08. The molecule has 2 aromatic heterocycles. The van der Waals surface area contributed by atoms with Crippen molar-refractivity contribution in [1.82, 2.24) is 14.5 Å². The average Bonchev–Trinajstić information content (AvgIpc) is 3.02. The molecule has 3 rings (SSSR count). The number of esters is 1. The van der Waals surface area contributed by atoms with Gasteiger partial charge < -0.3 is 14.2 Å². The number of carbonyl (C=O) groups excluding carboxylic acids is 2. The molecule has 0 fully saturated rings. The van der Waals surface area contributed by atoms with Gasteiger partial charge >= 0.3 is 5.97 Å². The monoisotopic (exact) mass is 410 g/mol. The van der Waals surface area contributed by atoms with Crippen molar-refractivity contribution in [3.8, 4) is 0 Å². The Labute approximate surface area is 174 Å². The van der Waals surface area contributed by atoms with Gasteiger partial charge in [0.1, 0.15) is 12.4 Å². The van der Waals surface area contributed by atoms with Crippen molar-refractivity contribution in [3.05, 3.63) is 77.1 Å². The first-order chi connectivity index (χ1) is 14.3. The highest BCUT2D eigenvalue weighted by Crippen LogP contribution is 2.18. The average molecular weight is 410 g/mol. The highest BCUT2D eigenvalue weighted by molar-refractivity contribution is 5.99. The Kier molecular flexibility index (Phi) is 6.56. The van der Waals surface area contributed by atoms with Crippen molar-refractivity contribution in [1.29, 1.82) is 0 Å². The third-order valence-corrected chi connectivity index (χ3v) is 4.75. The topological polar surface area (TPSA) is 77.3 Å². The summed E-state index contributed by atoms with van der Waals surface area (Å²) in [4.78, 5) is 34.3. The van der Waals surface area contributed by atoms with Gasteiger partial charge in [0.2, 0.25) is 11.7 Å². The minimum Gasteiger partial charge on any atom is -0.456 e. The maximum atomic E-state index is 13.1. The molecule has 3 aromatic rings. The van der Waals surface area contributed by atoms with Crippen LogP contribution in [0.25, 0.3) is 0 Å². The van der Waals surface area contributed by atoms with Crippen LogP contribution >= 0.6 is 0 Å². The summed E-state index contributed by atoms with van der Waals surface area (Å²) in [5.41, 5.74) is 3.09. The molecule has 0 N–H and O–H groups in total. The molecule has 1 aromatic carbocycles. The summed E-state index contributed by atoms with van der Waals surface area (Å²) < 4.78 is 20.2. The fourth-order valence-corrected chi connectivity index (χ4v) is 3.12. The SMILES string of the molecule is Cc1cc(C(=O)COC(=O)CN(C)c2ncccn2)c(C)n1Cc1ccc(F)cc1. The molecule has 0 atom stereocenters. The zero-order chi connectivity index (χ0) is 21.7. The fourth-order valence-electron chi connectivity index (χ4n) is 3.12. The molecule has 0 bridgehead atoms. The van der Waals surface area contributed by atoms with Gasteiger partial charge in [-0.05, 0) is 43.7 Å². The molecular weight excluding hydrogens is 387 g/mol. The van der Waals surface area contributed by atoms with Gasteiger partial charge in [0.15, 0.2) is 6.61 Å². The molecule has 0 unspecified atom stereocenters. The largest absolute Gasteiger partial charge is 0.456 e. The molecule has 7 nitrogen and oxygen atoms in total. The maximum absolute atomic E-state index is 13.1. The quantitative estimate of drug-likeness (QED) is 0.420. The third-order valence-electron chi connectivity index (χ3n) is 4.75. The molecule has 0 saturated heterocycles. The molecule has 2 heterocycles. The van der Waals surface area contributed by atoms with Crippen molar-refractivity contribution < 1.29 is 18.7 Å². The van der Waals surface area contributed by atoms with Gasteiger partial charge in [-0.3, -0.25) is 9.59 Å². The predicted octanol–water partition coefficient (Wildman–Crippen LogP) is 2.94. The minimum absolute atomic E-state index is 0.0686.